The number of ketones is 1. The molecule has 1 saturated carbocycles. The van der Waals surface area contributed by atoms with Crippen molar-refractivity contribution >= 4 is 11.8 Å². The molecule has 0 saturated heterocycles. The number of hydrogen-bond donors (Lipinski definition) is 1. The van der Waals surface area contributed by atoms with E-state index in [-0.39, 0.29) is 17.8 Å². The summed E-state index contributed by atoms with van der Waals surface area (Å²) in [6.45, 7) is 3.14. The van der Waals surface area contributed by atoms with Crippen LogP contribution in [-0.4, -0.2) is 43.3 Å². The summed E-state index contributed by atoms with van der Waals surface area (Å²) in [7, 11) is 1.36. The maximum absolute atomic E-state index is 12.1. The van der Waals surface area contributed by atoms with Crippen LogP contribution in [0.3, 0.4) is 0 Å². The van der Waals surface area contributed by atoms with Crippen molar-refractivity contribution < 1.29 is 24.2 Å². The molecule has 0 radical (unpaired) electrons. The fourth-order valence-electron chi connectivity index (χ4n) is 3.13. The molecule has 0 bridgehead atoms. The number of unbranched alkanes of at least 4 members (excludes halogenated alkanes) is 2. The molecule has 25 heavy (non-hydrogen) atoms. The van der Waals surface area contributed by atoms with Gasteiger partial charge in [-0.1, -0.05) is 24.6 Å². The van der Waals surface area contributed by atoms with Gasteiger partial charge >= 0.3 is 5.97 Å². The van der Waals surface area contributed by atoms with E-state index in [1.165, 1.54) is 13.2 Å². The maximum Gasteiger partial charge on any atom is 0.330 e. The van der Waals surface area contributed by atoms with E-state index in [4.69, 9.17) is 4.74 Å². The molecule has 0 heterocycles. The van der Waals surface area contributed by atoms with Crippen molar-refractivity contribution in [2.24, 2.45) is 11.8 Å². The Labute approximate surface area is 151 Å². The zero-order valence-electron chi connectivity index (χ0n) is 15.5. The summed E-state index contributed by atoms with van der Waals surface area (Å²) in [6, 6.07) is 0. The van der Waals surface area contributed by atoms with Gasteiger partial charge in [-0.2, -0.15) is 0 Å². The number of hydrogen-bond acceptors (Lipinski definition) is 5. The number of aliphatic hydroxyl groups excluding tert-OH is 1. The summed E-state index contributed by atoms with van der Waals surface area (Å²) in [5.41, 5.74) is 0. The second kappa shape index (κ2) is 12.8. The zero-order chi connectivity index (χ0) is 18.5. The topological polar surface area (TPSA) is 72.8 Å². The Balaban J connectivity index is 2.32. The van der Waals surface area contributed by atoms with E-state index < -0.39 is 6.10 Å². The molecule has 0 spiro atoms. The van der Waals surface area contributed by atoms with Gasteiger partial charge in [0, 0.05) is 38.0 Å². The van der Waals surface area contributed by atoms with Crippen LogP contribution in [-0.2, 0) is 19.1 Å². The normalized spacial score (nSPS) is 22.1. The highest BCUT2D eigenvalue weighted by molar-refractivity contribution is 5.83. The number of Topliss-reactive ketones (excluding diaryl/α,β-unsaturated/α-hetero) is 1. The van der Waals surface area contributed by atoms with Gasteiger partial charge in [-0.25, -0.2) is 4.79 Å². The van der Waals surface area contributed by atoms with Crippen LogP contribution >= 0.6 is 0 Å². The third-order valence-corrected chi connectivity index (χ3v) is 4.59. The zero-order valence-corrected chi connectivity index (χ0v) is 15.5. The first-order chi connectivity index (χ1) is 12.1. The van der Waals surface area contributed by atoms with Crippen LogP contribution < -0.4 is 0 Å². The van der Waals surface area contributed by atoms with E-state index in [1.54, 1.807) is 0 Å². The van der Waals surface area contributed by atoms with Crippen LogP contribution in [0.5, 0.6) is 0 Å². The molecule has 1 unspecified atom stereocenters. The first kappa shape index (κ1) is 21.6. The summed E-state index contributed by atoms with van der Waals surface area (Å²) >= 11 is 0. The van der Waals surface area contributed by atoms with Gasteiger partial charge < -0.3 is 14.6 Å². The lowest BCUT2D eigenvalue weighted by atomic mass is 9.89. The molecule has 5 nitrogen and oxygen atoms in total. The third-order valence-electron chi connectivity index (χ3n) is 4.59. The lowest BCUT2D eigenvalue weighted by Crippen LogP contribution is -2.14. The number of aliphatic hydroxyl groups is 1. The van der Waals surface area contributed by atoms with Gasteiger partial charge in [0.05, 0.1) is 13.2 Å². The SMILES string of the molecule is CCOCCC(O)/C=C/[C@H]1CCC(=O)[C@@H]1CCCC/C=C/C(=O)OC. The summed E-state index contributed by atoms with van der Waals surface area (Å²) in [5, 5.41) is 9.93. The van der Waals surface area contributed by atoms with Crippen LogP contribution in [0.2, 0.25) is 0 Å². The van der Waals surface area contributed by atoms with Gasteiger partial charge in [0.25, 0.3) is 0 Å². The number of methoxy groups -OCH3 is 1. The largest absolute Gasteiger partial charge is 0.466 e. The average Bonchev–Trinajstić information content (AvgIpc) is 2.96. The summed E-state index contributed by atoms with van der Waals surface area (Å²) in [6.07, 6.45) is 12.3. The molecule has 0 aromatic carbocycles. The highest BCUT2D eigenvalue weighted by Gasteiger charge is 2.32. The van der Waals surface area contributed by atoms with Gasteiger partial charge in [0.2, 0.25) is 0 Å². The second-order valence-corrected chi connectivity index (χ2v) is 6.42. The summed E-state index contributed by atoms with van der Waals surface area (Å²) < 4.78 is 9.78. The van der Waals surface area contributed by atoms with Gasteiger partial charge in [-0.15, -0.1) is 0 Å². The van der Waals surface area contributed by atoms with Crippen molar-refractivity contribution in [1.82, 2.24) is 0 Å². The monoisotopic (exact) mass is 352 g/mol. The highest BCUT2D eigenvalue weighted by Crippen LogP contribution is 2.33. The van der Waals surface area contributed by atoms with E-state index in [9.17, 15) is 14.7 Å². The number of ether oxygens (including phenoxy) is 2. The molecule has 1 aliphatic carbocycles. The molecule has 1 fully saturated rings. The lowest BCUT2D eigenvalue weighted by molar-refractivity contribution is -0.134. The molecule has 0 aromatic rings. The number of allylic oxidation sites excluding steroid dienone is 2. The highest BCUT2D eigenvalue weighted by atomic mass is 16.5. The first-order valence-corrected chi connectivity index (χ1v) is 9.29. The second-order valence-electron chi connectivity index (χ2n) is 6.42. The Hall–Kier alpha value is -1.46. The standard InChI is InChI=1S/C20H32O5/c1-3-25-15-14-17(21)12-10-16-11-13-19(22)18(16)8-6-4-5-7-9-20(23)24-2/h7,9-10,12,16-18,21H,3-6,8,11,13-15H2,1-2H3/b9-7+,12-10+/t16-,17?,18+/m0/s1. The first-order valence-electron chi connectivity index (χ1n) is 9.29. The minimum absolute atomic E-state index is 0.0694. The van der Waals surface area contributed by atoms with Gasteiger partial charge in [-0.3, -0.25) is 4.79 Å². The minimum Gasteiger partial charge on any atom is -0.466 e. The van der Waals surface area contributed by atoms with Crippen LogP contribution in [0.15, 0.2) is 24.3 Å². The van der Waals surface area contributed by atoms with E-state index in [1.807, 2.05) is 25.2 Å². The van der Waals surface area contributed by atoms with E-state index in [0.29, 0.717) is 31.8 Å². The van der Waals surface area contributed by atoms with Crippen molar-refractivity contribution in [2.75, 3.05) is 20.3 Å². The number of carbonyl (C=O) groups excluding carboxylic acids is 2. The smallest absolute Gasteiger partial charge is 0.330 e. The van der Waals surface area contributed by atoms with Gasteiger partial charge in [0.15, 0.2) is 0 Å². The number of rotatable bonds is 12. The predicted molar refractivity (Wildman–Crippen MR) is 97.1 cm³/mol. The van der Waals surface area contributed by atoms with Gasteiger partial charge in [0.1, 0.15) is 5.78 Å². The van der Waals surface area contributed by atoms with E-state index in [2.05, 4.69) is 4.74 Å². The summed E-state index contributed by atoms with van der Waals surface area (Å²) in [5.74, 6) is 0.308. The Bertz CT molecular complexity index is 455. The van der Waals surface area contributed by atoms with Gasteiger partial charge in [-0.05, 0) is 38.5 Å². The molecule has 142 valence electrons. The minimum atomic E-state index is -0.508. The molecular weight excluding hydrogens is 320 g/mol. The molecule has 5 heteroatoms. The van der Waals surface area contributed by atoms with Crippen molar-refractivity contribution in [1.29, 1.82) is 0 Å². The molecular formula is C20H32O5. The van der Waals surface area contributed by atoms with Crippen molar-refractivity contribution in [3.05, 3.63) is 24.3 Å². The molecule has 1 rings (SSSR count). The average molecular weight is 352 g/mol. The molecule has 0 aromatic heterocycles. The Morgan fingerprint density at radius 2 is 2.20 bits per heavy atom. The van der Waals surface area contributed by atoms with E-state index in [0.717, 1.165) is 32.1 Å². The molecule has 0 aliphatic heterocycles. The quantitative estimate of drug-likeness (QED) is 0.253. The van der Waals surface area contributed by atoms with Crippen molar-refractivity contribution in [3.63, 3.8) is 0 Å². The summed E-state index contributed by atoms with van der Waals surface area (Å²) in [4.78, 5) is 23.1. The fourth-order valence-corrected chi connectivity index (χ4v) is 3.13. The Kier molecular flexibility index (Phi) is 11.1. The molecule has 1 N–H and O–H groups in total. The lowest BCUT2D eigenvalue weighted by Gasteiger charge is -2.15. The fraction of sp³-hybridized carbons (Fsp3) is 0.700. The van der Waals surface area contributed by atoms with Crippen LogP contribution in [0.4, 0.5) is 0 Å². The van der Waals surface area contributed by atoms with Crippen LogP contribution in [0, 0.1) is 11.8 Å². The predicted octanol–water partition coefficient (Wildman–Crippen LogP) is 3.22. The van der Waals surface area contributed by atoms with Crippen LogP contribution in [0.1, 0.15) is 51.9 Å². The van der Waals surface area contributed by atoms with Crippen molar-refractivity contribution in [2.45, 2.75) is 58.0 Å². The Morgan fingerprint density at radius 1 is 1.40 bits per heavy atom. The number of carbonyl (C=O) groups is 2. The number of esters is 1. The molecule has 1 aliphatic rings. The third kappa shape index (κ3) is 8.98. The molecule has 0 amide bonds. The maximum atomic E-state index is 12.1. The molecule has 3 atom stereocenters. The van der Waals surface area contributed by atoms with Crippen molar-refractivity contribution in [3.8, 4) is 0 Å². The van der Waals surface area contributed by atoms with Crippen LogP contribution in [0.25, 0.3) is 0 Å². The Morgan fingerprint density at radius 3 is 2.92 bits per heavy atom. The van der Waals surface area contributed by atoms with E-state index >= 15 is 0 Å².